The first-order valence-corrected chi connectivity index (χ1v) is 7.54. The average molecular weight is 311 g/mol. The zero-order valence-corrected chi connectivity index (χ0v) is 12.4. The Morgan fingerprint density at radius 1 is 0.952 bits per heavy atom. The van der Waals surface area contributed by atoms with E-state index >= 15 is 0 Å². The Kier molecular flexibility index (Phi) is 5.70. The SMILES string of the molecule is CCCNCc1ccc(Sc2cc(F)ccc2F)c(F)c1. The molecule has 0 saturated heterocycles. The van der Waals surface area contributed by atoms with Gasteiger partial charge >= 0.3 is 0 Å². The standard InChI is InChI=1S/C16H16F3NS/c1-2-7-20-10-11-3-6-15(14(19)8-11)21-16-9-12(17)4-5-13(16)18/h3-6,8-9,20H,2,7,10H2,1H3. The van der Waals surface area contributed by atoms with Gasteiger partial charge < -0.3 is 5.32 Å². The smallest absolute Gasteiger partial charge is 0.137 e. The van der Waals surface area contributed by atoms with Crippen LogP contribution in [0.3, 0.4) is 0 Å². The molecule has 2 aromatic carbocycles. The van der Waals surface area contributed by atoms with E-state index in [1.54, 1.807) is 12.1 Å². The number of nitrogens with one attached hydrogen (secondary N) is 1. The minimum Gasteiger partial charge on any atom is -0.313 e. The van der Waals surface area contributed by atoms with Crippen LogP contribution in [-0.4, -0.2) is 6.54 Å². The Morgan fingerprint density at radius 3 is 2.48 bits per heavy atom. The van der Waals surface area contributed by atoms with Crippen LogP contribution in [0.25, 0.3) is 0 Å². The van der Waals surface area contributed by atoms with Gasteiger partial charge in [0.25, 0.3) is 0 Å². The predicted molar refractivity (Wildman–Crippen MR) is 78.9 cm³/mol. The molecule has 0 aliphatic rings. The number of rotatable bonds is 6. The predicted octanol–water partition coefficient (Wildman–Crippen LogP) is 4.75. The van der Waals surface area contributed by atoms with Crippen LogP contribution < -0.4 is 5.32 Å². The quantitative estimate of drug-likeness (QED) is 0.772. The molecule has 0 aliphatic carbocycles. The molecular formula is C16H16F3NS. The van der Waals surface area contributed by atoms with Gasteiger partial charge in [-0.3, -0.25) is 0 Å². The highest BCUT2D eigenvalue weighted by Crippen LogP contribution is 2.32. The fourth-order valence-corrected chi connectivity index (χ4v) is 2.69. The van der Waals surface area contributed by atoms with E-state index in [4.69, 9.17) is 0 Å². The molecule has 5 heteroatoms. The lowest BCUT2D eigenvalue weighted by atomic mass is 10.2. The van der Waals surface area contributed by atoms with Crippen molar-refractivity contribution >= 4 is 11.8 Å². The summed E-state index contributed by atoms with van der Waals surface area (Å²) in [5.74, 6) is -1.53. The number of halogens is 3. The molecule has 0 bridgehead atoms. The summed E-state index contributed by atoms with van der Waals surface area (Å²) in [5.41, 5.74) is 0.824. The molecule has 1 nitrogen and oxygen atoms in total. The van der Waals surface area contributed by atoms with Crippen LogP contribution in [0.4, 0.5) is 13.2 Å². The molecule has 0 fully saturated rings. The molecule has 112 valence electrons. The summed E-state index contributed by atoms with van der Waals surface area (Å²) in [6.07, 6.45) is 1.01. The van der Waals surface area contributed by atoms with Gasteiger partial charge in [-0.15, -0.1) is 0 Å². The lowest BCUT2D eigenvalue weighted by Crippen LogP contribution is -2.13. The maximum absolute atomic E-state index is 14.0. The van der Waals surface area contributed by atoms with Crippen molar-refractivity contribution in [3.8, 4) is 0 Å². The number of benzene rings is 2. The Hall–Kier alpha value is -1.46. The first kappa shape index (κ1) is 15.9. The van der Waals surface area contributed by atoms with Crippen molar-refractivity contribution in [1.29, 1.82) is 0 Å². The maximum Gasteiger partial charge on any atom is 0.137 e. The van der Waals surface area contributed by atoms with E-state index in [0.29, 0.717) is 6.54 Å². The molecule has 0 atom stereocenters. The van der Waals surface area contributed by atoms with Crippen molar-refractivity contribution in [2.75, 3.05) is 6.54 Å². The average Bonchev–Trinajstić information content (AvgIpc) is 2.46. The van der Waals surface area contributed by atoms with Crippen LogP contribution in [0.5, 0.6) is 0 Å². The van der Waals surface area contributed by atoms with Crippen molar-refractivity contribution < 1.29 is 13.2 Å². The van der Waals surface area contributed by atoms with Crippen molar-refractivity contribution in [3.05, 3.63) is 59.4 Å². The van der Waals surface area contributed by atoms with Crippen LogP contribution >= 0.6 is 11.8 Å². The van der Waals surface area contributed by atoms with Crippen LogP contribution in [0, 0.1) is 17.5 Å². The second-order valence-electron chi connectivity index (χ2n) is 4.62. The lowest BCUT2D eigenvalue weighted by molar-refractivity contribution is 0.575. The highest BCUT2D eigenvalue weighted by Gasteiger charge is 2.10. The highest BCUT2D eigenvalue weighted by molar-refractivity contribution is 7.99. The normalized spacial score (nSPS) is 10.9. The summed E-state index contributed by atoms with van der Waals surface area (Å²) in [6, 6.07) is 7.94. The summed E-state index contributed by atoms with van der Waals surface area (Å²) in [4.78, 5) is 0.351. The molecule has 0 amide bonds. The minimum atomic E-state index is -0.561. The first-order valence-electron chi connectivity index (χ1n) is 6.72. The molecule has 0 unspecified atom stereocenters. The van der Waals surface area contributed by atoms with Crippen LogP contribution in [0.15, 0.2) is 46.2 Å². The number of hydrogen-bond acceptors (Lipinski definition) is 2. The van der Waals surface area contributed by atoms with E-state index in [1.807, 2.05) is 0 Å². The Bertz CT molecular complexity index is 616. The van der Waals surface area contributed by atoms with Gasteiger partial charge in [0, 0.05) is 11.4 Å². The maximum atomic E-state index is 14.0. The molecule has 2 aromatic rings. The summed E-state index contributed by atoms with van der Waals surface area (Å²) in [6.45, 7) is 3.51. The summed E-state index contributed by atoms with van der Waals surface area (Å²) >= 11 is 0.882. The molecule has 0 radical (unpaired) electrons. The Morgan fingerprint density at radius 2 is 1.76 bits per heavy atom. The van der Waals surface area contributed by atoms with Gasteiger partial charge in [0.1, 0.15) is 17.5 Å². The van der Waals surface area contributed by atoms with E-state index < -0.39 is 17.5 Å². The van der Waals surface area contributed by atoms with Gasteiger partial charge in [-0.1, -0.05) is 24.8 Å². The van der Waals surface area contributed by atoms with E-state index in [2.05, 4.69) is 12.2 Å². The summed E-state index contributed by atoms with van der Waals surface area (Å²) in [5, 5.41) is 3.18. The minimum absolute atomic E-state index is 0.0748. The zero-order chi connectivity index (χ0) is 15.2. The fraction of sp³-hybridized carbons (Fsp3) is 0.250. The van der Waals surface area contributed by atoms with Crippen LogP contribution in [0.2, 0.25) is 0 Å². The summed E-state index contributed by atoms with van der Waals surface area (Å²) in [7, 11) is 0. The molecule has 0 aromatic heterocycles. The van der Waals surface area contributed by atoms with Gasteiger partial charge in [0.2, 0.25) is 0 Å². The second-order valence-corrected chi connectivity index (χ2v) is 5.70. The first-order chi connectivity index (χ1) is 10.1. The molecule has 21 heavy (non-hydrogen) atoms. The van der Waals surface area contributed by atoms with Gasteiger partial charge in [-0.05, 0) is 48.9 Å². The molecule has 1 N–H and O–H groups in total. The van der Waals surface area contributed by atoms with Crippen LogP contribution in [0.1, 0.15) is 18.9 Å². The monoisotopic (exact) mass is 311 g/mol. The van der Waals surface area contributed by atoms with Gasteiger partial charge in [-0.2, -0.15) is 0 Å². The number of hydrogen-bond donors (Lipinski definition) is 1. The largest absolute Gasteiger partial charge is 0.313 e. The van der Waals surface area contributed by atoms with E-state index in [9.17, 15) is 13.2 Å². The van der Waals surface area contributed by atoms with Crippen LogP contribution in [-0.2, 0) is 6.54 Å². The Balaban J connectivity index is 2.12. The Labute approximate surface area is 126 Å². The second kappa shape index (κ2) is 7.52. The van der Waals surface area contributed by atoms with E-state index in [-0.39, 0.29) is 9.79 Å². The van der Waals surface area contributed by atoms with Crippen molar-refractivity contribution in [1.82, 2.24) is 5.32 Å². The highest BCUT2D eigenvalue weighted by atomic mass is 32.2. The van der Waals surface area contributed by atoms with Crippen molar-refractivity contribution in [3.63, 3.8) is 0 Å². The molecular weight excluding hydrogens is 295 g/mol. The molecule has 0 aliphatic heterocycles. The molecule has 0 heterocycles. The zero-order valence-electron chi connectivity index (χ0n) is 11.6. The topological polar surface area (TPSA) is 12.0 Å². The van der Waals surface area contributed by atoms with Crippen molar-refractivity contribution in [2.45, 2.75) is 29.7 Å². The summed E-state index contributed by atoms with van der Waals surface area (Å²) < 4.78 is 40.7. The van der Waals surface area contributed by atoms with Gasteiger partial charge in [-0.25, -0.2) is 13.2 Å². The lowest BCUT2D eigenvalue weighted by Gasteiger charge is -2.08. The van der Waals surface area contributed by atoms with E-state index in [1.165, 1.54) is 6.07 Å². The molecule has 0 spiro atoms. The third kappa shape index (κ3) is 4.51. The van der Waals surface area contributed by atoms with E-state index in [0.717, 1.165) is 48.5 Å². The van der Waals surface area contributed by atoms with Crippen molar-refractivity contribution in [2.24, 2.45) is 0 Å². The third-order valence-electron chi connectivity index (χ3n) is 2.87. The third-order valence-corrected chi connectivity index (χ3v) is 3.95. The van der Waals surface area contributed by atoms with Gasteiger partial charge in [0.15, 0.2) is 0 Å². The van der Waals surface area contributed by atoms with Gasteiger partial charge in [0.05, 0.1) is 4.90 Å². The fourth-order valence-electron chi connectivity index (χ4n) is 1.82. The molecule has 0 saturated carbocycles. The molecule has 2 rings (SSSR count).